The zero-order valence-corrected chi connectivity index (χ0v) is 23.1. The van der Waals surface area contributed by atoms with Gasteiger partial charge >= 0.3 is 0 Å². The van der Waals surface area contributed by atoms with Crippen LogP contribution < -0.4 is 14.8 Å². The molecular formula is C31H57NO2. The minimum Gasteiger partial charge on any atom is -0.493 e. The lowest BCUT2D eigenvalue weighted by molar-refractivity contribution is 0.281. The molecule has 0 amide bonds. The molecule has 0 radical (unpaired) electrons. The highest BCUT2D eigenvalue weighted by Gasteiger charge is 2.10. The van der Waals surface area contributed by atoms with Crippen LogP contribution in [0.5, 0.6) is 11.5 Å². The molecule has 0 aromatic heterocycles. The molecule has 0 aliphatic rings. The predicted octanol–water partition coefficient (Wildman–Crippen LogP) is 9.62. The molecule has 3 nitrogen and oxygen atoms in total. The Morgan fingerprint density at radius 3 is 1.65 bits per heavy atom. The van der Waals surface area contributed by atoms with Crippen molar-refractivity contribution in [2.24, 2.45) is 0 Å². The molecule has 0 unspecified atom stereocenters. The molecule has 1 aromatic carbocycles. The molecule has 3 heteroatoms. The Bertz CT molecular complexity index is 560. The van der Waals surface area contributed by atoms with Crippen LogP contribution in [-0.2, 0) is 6.54 Å². The van der Waals surface area contributed by atoms with Gasteiger partial charge in [0.25, 0.3) is 0 Å². The Hall–Kier alpha value is -1.22. The molecule has 0 heterocycles. The van der Waals surface area contributed by atoms with Crippen LogP contribution >= 0.6 is 0 Å². The number of rotatable bonds is 25. The highest BCUT2D eigenvalue weighted by molar-refractivity contribution is 5.46. The summed E-state index contributed by atoms with van der Waals surface area (Å²) in [7, 11) is 1.73. The molecule has 34 heavy (non-hydrogen) atoms. The largest absolute Gasteiger partial charge is 0.493 e. The number of benzene rings is 1. The zero-order chi connectivity index (χ0) is 24.5. The molecular weight excluding hydrogens is 418 g/mol. The third-order valence-corrected chi connectivity index (χ3v) is 6.80. The van der Waals surface area contributed by atoms with E-state index in [9.17, 15) is 0 Å². The summed E-state index contributed by atoms with van der Waals surface area (Å²) >= 11 is 0. The number of para-hydroxylation sites is 1. The average molecular weight is 476 g/mol. The molecule has 0 fully saturated rings. The second kappa shape index (κ2) is 23.5. The Morgan fingerprint density at radius 1 is 0.618 bits per heavy atom. The maximum absolute atomic E-state index is 6.15. The monoisotopic (exact) mass is 475 g/mol. The second-order valence-electron chi connectivity index (χ2n) is 9.98. The van der Waals surface area contributed by atoms with E-state index < -0.39 is 0 Å². The Balaban J connectivity index is 2.05. The van der Waals surface area contributed by atoms with E-state index in [2.05, 4.69) is 31.3 Å². The molecule has 0 spiro atoms. The van der Waals surface area contributed by atoms with Gasteiger partial charge in [-0.05, 0) is 25.5 Å². The highest BCUT2D eigenvalue weighted by Crippen LogP contribution is 2.31. The summed E-state index contributed by atoms with van der Waals surface area (Å²) in [5.74, 6) is 1.78. The summed E-state index contributed by atoms with van der Waals surface area (Å²) in [6, 6.07) is 6.23. The van der Waals surface area contributed by atoms with Crippen LogP contribution in [0, 0.1) is 0 Å². The summed E-state index contributed by atoms with van der Waals surface area (Å²) < 4.78 is 11.7. The third-order valence-electron chi connectivity index (χ3n) is 6.80. The van der Waals surface area contributed by atoms with Crippen LogP contribution in [0.1, 0.15) is 141 Å². The first-order valence-corrected chi connectivity index (χ1v) is 14.8. The van der Waals surface area contributed by atoms with Crippen LogP contribution in [0.2, 0.25) is 0 Å². The molecule has 1 rings (SSSR count). The van der Waals surface area contributed by atoms with Gasteiger partial charge in [0, 0.05) is 12.1 Å². The summed E-state index contributed by atoms with van der Waals surface area (Å²) in [5.41, 5.74) is 1.21. The van der Waals surface area contributed by atoms with E-state index in [-0.39, 0.29) is 0 Å². The highest BCUT2D eigenvalue weighted by atomic mass is 16.5. The van der Waals surface area contributed by atoms with Crippen LogP contribution in [-0.4, -0.2) is 20.3 Å². The lowest BCUT2D eigenvalue weighted by atomic mass is 10.0. The minimum absolute atomic E-state index is 0.774. The average Bonchev–Trinajstić information content (AvgIpc) is 2.86. The third kappa shape index (κ3) is 16.4. The van der Waals surface area contributed by atoms with Gasteiger partial charge in [-0.1, -0.05) is 135 Å². The molecule has 0 saturated carbocycles. The van der Waals surface area contributed by atoms with Crippen LogP contribution in [0.3, 0.4) is 0 Å². The predicted molar refractivity (Wildman–Crippen MR) is 149 cm³/mol. The van der Waals surface area contributed by atoms with Gasteiger partial charge in [-0.2, -0.15) is 0 Å². The number of ether oxygens (including phenoxy) is 2. The standard InChI is InChI=1S/C31H57NO2/c1-4-6-8-10-11-12-13-14-15-16-17-18-19-21-26-32-28-29-24-23-25-30(33-3)31(29)34-27-22-20-9-7-5-2/h23-25,32H,4-22,26-28H2,1-3H3. The zero-order valence-electron chi connectivity index (χ0n) is 23.1. The van der Waals surface area contributed by atoms with Crippen molar-refractivity contribution < 1.29 is 9.47 Å². The van der Waals surface area contributed by atoms with Crippen molar-refractivity contribution in [1.29, 1.82) is 0 Å². The van der Waals surface area contributed by atoms with E-state index in [1.165, 1.54) is 121 Å². The van der Waals surface area contributed by atoms with E-state index in [0.717, 1.165) is 37.6 Å². The maximum Gasteiger partial charge on any atom is 0.165 e. The van der Waals surface area contributed by atoms with Crippen molar-refractivity contribution in [2.45, 2.75) is 142 Å². The fourth-order valence-electron chi connectivity index (χ4n) is 4.57. The number of unbranched alkanes of at least 4 members (excludes halogenated alkanes) is 17. The number of methoxy groups -OCH3 is 1. The van der Waals surface area contributed by atoms with Crippen LogP contribution in [0.25, 0.3) is 0 Å². The second-order valence-corrected chi connectivity index (χ2v) is 9.98. The summed E-state index contributed by atoms with van der Waals surface area (Å²) in [6.07, 6.45) is 26.0. The van der Waals surface area contributed by atoms with Gasteiger partial charge in [0.1, 0.15) is 0 Å². The SMILES string of the molecule is CCCCCCCCCCCCCCCCNCc1cccc(OC)c1OCCCCCCC. The van der Waals surface area contributed by atoms with Gasteiger partial charge < -0.3 is 14.8 Å². The van der Waals surface area contributed by atoms with Crippen molar-refractivity contribution in [1.82, 2.24) is 5.32 Å². The molecule has 1 N–H and O–H groups in total. The first kappa shape index (κ1) is 30.8. The van der Waals surface area contributed by atoms with Crippen molar-refractivity contribution >= 4 is 0 Å². The smallest absolute Gasteiger partial charge is 0.165 e. The molecule has 198 valence electrons. The molecule has 0 bridgehead atoms. The van der Waals surface area contributed by atoms with Gasteiger partial charge in [-0.25, -0.2) is 0 Å². The van der Waals surface area contributed by atoms with Crippen molar-refractivity contribution in [3.63, 3.8) is 0 Å². The molecule has 0 aliphatic carbocycles. The van der Waals surface area contributed by atoms with E-state index in [0.29, 0.717) is 0 Å². The van der Waals surface area contributed by atoms with E-state index in [4.69, 9.17) is 9.47 Å². The van der Waals surface area contributed by atoms with Crippen molar-refractivity contribution in [2.75, 3.05) is 20.3 Å². The quantitative estimate of drug-likeness (QED) is 0.143. The Morgan fingerprint density at radius 2 is 1.12 bits per heavy atom. The fourth-order valence-corrected chi connectivity index (χ4v) is 4.57. The first-order chi connectivity index (χ1) is 16.8. The van der Waals surface area contributed by atoms with Gasteiger partial charge in [0.2, 0.25) is 0 Å². The summed E-state index contributed by atoms with van der Waals surface area (Å²) in [6.45, 7) is 7.24. The molecule has 0 aliphatic heterocycles. The van der Waals surface area contributed by atoms with Gasteiger partial charge in [-0.15, -0.1) is 0 Å². The Kier molecular flexibility index (Phi) is 21.3. The van der Waals surface area contributed by atoms with Gasteiger partial charge in [0.15, 0.2) is 11.5 Å². The Labute approximate surface area is 212 Å². The number of hydrogen-bond acceptors (Lipinski definition) is 3. The fraction of sp³-hybridized carbons (Fsp3) is 0.806. The maximum atomic E-state index is 6.15. The van der Waals surface area contributed by atoms with E-state index in [1.54, 1.807) is 7.11 Å². The van der Waals surface area contributed by atoms with Crippen LogP contribution in [0.4, 0.5) is 0 Å². The normalized spacial score (nSPS) is 11.1. The van der Waals surface area contributed by atoms with E-state index >= 15 is 0 Å². The lowest BCUT2D eigenvalue weighted by Gasteiger charge is -2.15. The topological polar surface area (TPSA) is 30.5 Å². The number of nitrogens with one attached hydrogen (secondary N) is 1. The first-order valence-electron chi connectivity index (χ1n) is 14.8. The molecule has 0 atom stereocenters. The van der Waals surface area contributed by atoms with Gasteiger partial charge in [-0.3, -0.25) is 0 Å². The van der Waals surface area contributed by atoms with Crippen molar-refractivity contribution in [3.8, 4) is 11.5 Å². The summed E-state index contributed by atoms with van der Waals surface area (Å²) in [5, 5.41) is 3.62. The number of hydrogen-bond donors (Lipinski definition) is 1. The van der Waals surface area contributed by atoms with Crippen LogP contribution in [0.15, 0.2) is 18.2 Å². The van der Waals surface area contributed by atoms with E-state index in [1.807, 2.05) is 6.07 Å². The lowest BCUT2D eigenvalue weighted by Crippen LogP contribution is -2.16. The summed E-state index contributed by atoms with van der Waals surface area (Å²) in [4.78, 5) is 0. The van der Waals surface area contributed by atoms with Gasteiger partial charge in [0.05, 0.1) is 13.7 Å². The van der Waals surface area contributed by atoms with Crippen molar-refractivity contribution in [3.05, 3.63) is 23.8 Å². The minimum atomic E-state index is 0.774. The molecule has 1 aromatic rings. The molecule has 0 saturated heterocycles.